The quantitative estimate of drug-likeness (QED) is 0.771. The molecule has 0 fully saturated rings. The van der Waals surface area contributed by atoms with Crippen LogP contribution in [0.5, 0.6) is 0 Å². The lowest BCUT2D eigenvalue weighted by molar-refractivity contribution is 0.0945. The Morgan fingerprint density at radius 2 is 2.30 bits per heavy atom. The van der Waals surface area contributed by atoms with E-state index in [0.717, 1.165) is 5.69 Å². The molecule has 0 radical (unpaired) electrons. The monoisotopic (exact) mass is 269 g/mol. The molecule has 6 nitrogen and oxygen atoms in total. The average Bonchev–Trinajstić information content (AvgIpc) is 2.88. The smallest absolute Gasteiger partial charge is 0.271 e. The first-order chi connectivity index (χ1) is 9.72. The molecular weight excluding hydrogens is 254 g/mol. The maximum absolute atomic E-state index is 12.1. The van der Waals surface area contributed by atoms with E-state index in [9.17, 15) is 4.79 Å². The molecule has 0 aliphatic rings. The molecule has 0 atom stereocenters. The average molecular weight is 269 g/mol. The highest BCUT2D eigenvalue weighted by atomic mass is 16.1. The van der Waals surface area contributed by atoms with Gasteiger partial charge in [0.15, 0.2) is 0 Å². The first-order valence-electron chi connectivity index (χ1n) is 6.11. The number of nitrogens with zero attached hydrogens (tertiary/aromatic N) is 3. The number of nitrogens with one attached hydrogen (secondary N) is 1. The Morgan fingerprint density at radius 3 is 3.00 bits per heavy atom. The second kappa shape index (κ2) is 6.50. The number of rotatable bonds is 3. The van der Waals surface area contributed by atoms with Crippen LogP contribution in [0.4, 0.5) is 0 Å². The number of amides is 1. The third-order valence-electron chi connectivity index (χ3n) is 2.70. The zero-order chi connectivity index (χ0) is 14.4. The molecule has 0 aliphatic carbocycles. The van der Waals surface area contributed by atoms with Crippen LogP contribution in [-0.2, 0) is 13.6 Å². The highest BCUT2D eigenvalue weighted by Crippen LogP contribution is 2.04. The molecule has 0 spiro atoms. The summed E-state index contributed by atoms with van der Waals surface area (Å²) in [5.74, 6) is 5.29. The second-order valence-corrected chi connectivity index (χ2v) is 4.03. The normalized spacial score (nSPS) is 9.70. The maximum atomic E-state index is 12.1. The van der Waals surface area contributed by atoms with Crippen LogP contribution in [0.2, 0.25) is 0 Å². The summed E-state index contributed by atoms with van der Waals surface area (Å²) < 4.78 is 1.70. The first-order valence-corrected chi connectivity index (χ1v) is 6.11. The summed E-state index contributed by atoms with van der Waals surface area (Å²) in [7, 11) is 1.82. The molecule has 1 amide bonds. The van der Waals surface area contributed by atoms with E-state index in [-0.39, 0.29) is 12.5 Å². The van der Waals surface area contributed by atoms with Gasteiger partial charge < -0.3 is 11.1 Å². The lowest BCUT2D eigenvalue weighted by Crippen LogP contribution is -2.25. The molecule has 0 aromatic carbocycles. The van der Waals surface area contributed by atoms with Gasteiger partial charge in [-0.3, -0.25) is 9.48 Å². The number of aromatic nitrogens is 3. The van der Waals surface area contributed by atoms with Crippen LogP contribution in [0, 0.1) is 11.8 Å². The SMILES string of the molecule is Cn1nccc1CNC(=O)c1ncccc1C#CCN. The van der Waals surface area contributed by atoms with Gasteiger partial charge in [-0.2, -0.15) is 5.10 Å². The van der Waals surface area contributed by atoms with E-state index in [1.54, 1.807) is 29.2 Å². The van der Waals surface area contributed by atoms with Crippen LogP contribution < -0.4 is 11.1 Å². The third kappa shape index (κ3) is 3.22. The Morgan fingerprint density at radius 1 is 1.45 bits per heavy atom. The van der Waals surface area contributed by atoms with Crippen molar-refractivity contribution < 1.29 is 4.79 Å². The van der Waals surface area contributed by atoms with E-state index in [1.807, 2.05) is 13.1 Å². The maximum Gasteiger partial charge on any atom is 0.271 e. The summed E-state index contributed by atoms with van der Waals surface area (Å²) in [4.78, 5) is 16.2. The molecule has 2 rings (SSSR count). The Balaban J connectivity index is 2.11. The Bertz CT molecular complexity index is 665. The van der Waals surface area contributed by atoms with Crippen LogP contribution in [0.15, 0.2) is 30.6 Å². The molecular formula is C14H15N5O. The molecule has 2 aromatic heterocycles. The number of aryl methyl sites for hydroxylation is 1. The fourth-order valence-corrected chi connectivity index (χ4v) is 1.66. The van der Waals surface area contributed by atoms with Crippen LogP contribution in [0.3, 0.4) is 0 Å². The minimum atomic E-state index is -0.270. The molecule has 2 aromatic rings. The van der Waals surface area contributed by atoms with Gasteiger partial charge in [-0.1, -0.05) is 11.8 Å². The van der Waals surface area contributed by atoms with Crippen molar-refractivity contribution in [3.8, 4) is 11.8 Å². The number of carbonyl (C=O) groups is 1. The molecule has 0 aliphatic heterocycles. The van der Waals surface area contributed by atoms with Crippen molar-refractivity contribution in [2.24, 2.45) is 12.8 Å². The molecule has 0 saturated carbocycles. The molecule has 102 valence electrons. The molecule has 20 heavy (non-hydrogen) atoms. The first kappa shape index (κ1) is 13.8. The number of carbonyl (C=O) groups excluding carboxylic acids is 1. The van der Waals surface area contributed by atoms with E-state index < -0.39 is 0 Å². The van der Waals surface area contributed by atoms with Crippen molar-refractivity contribution in [1.82, 2.24) is 20.1 Å². The van der Waals surface area contributed by atoms with Gasteiger partial charge in [-0.05, 0) is 18.2 Å². The van der Waals surface area contributed by atoms with Crippen LogP contribution >= 0.6 is 0 Å². The van der Waals surface area contributed by atoms with Crippen LogP contribution in [-0.4, -0.2) is 27.2 Å². The standard InChI is InChI=1S/C14H15N5O/c1-19-12(6-9-18-19)10-17-14(20)13-11(4-2-7-15)5-3-8-16-13/h3,5-6,8-9H,7,10,15H2,1H3,(H,17,20). The van der Waals surface area contributed by atoms with E-state index in [0.29, 0.717) is 17.8 Å². The summed E-state index contributed by atoms with van der Waals surface area (Å²) in [5.41, 5.74) is 7.12. The molecule has 0 unspecified atom stereocenters. The van der Waals surface area contributed by atoms with Crippen LogP contribution in [0.25, 0.3) is 0 Å². The van der Waals surface area contributed by atoms with Crippen molar-refractivity contribution in [2.75, 3.05) is 6.54 Å². The Labute approximate surface area is 117 Å². The van der Waals surface area contributed by atoms with Gasteiger partial charge in [-0.15, -0.1) is 0 Å². The zero-order valence-corrected chi connectivity index (χ0v) is 11.1. The van der Waals surface area contributed by atoms with E-state index in [1.165, 1.54) is 0 Å². The largest absolute Gasteiger partial charge is 0.345 e. The van der Waals surface area contributed by atoms with Crippen molar-refractivity contribution in [2.45, 2.75) is 6.54 Å². The lowest BCUT2D eigenvalue weighted by atomic mass is 10.2. The number of pyridine rings is 1. The van der Waals surface area contributed by atoms with Gasteiger partial charge in [0.05, 0.1) is 24.3 Å². The zero-order valence-electron chi connectivity index (χ0n) is 11.1. The number of nitrogens with two attached hydrogens (primary N) is 1. The summed E-state index contributed by atoms with van der Waals surface area (Å²) in [6.07, 6.45) is 3.24. The van der Waals surface area contributed by atoms with Crippen LogP contribution in [0.1, 0.15) is 21.7 Å². The molecule has 6 heteroatoms. The van der Waals surface area contributed by atoms with Gasteiger partial charge in [0.25, 0.3) is 5.91 Å². The van der Waals surface area contributed by atoms with Gasteiger partial charge >= 0.3 is 0 Å². The minimum Gasteiger partial charge on any atom is -0.345 e. The Hall–Kier alpha value is -2.65. The fraction of sp³-hybridized carbons (Fsp3) is 0.214. The summed E-state index contributed by atoms with van der Waals surface area (Å²) in [6, 6.07) is 5.32. The van der Waals surface area contributed by atoms with Crippen molar-refractivity contribution in [3.05, 3.63) is 47.5 Å². The predicted molar refractivity (Wildman–Crippen MR) is 74.5 cm³/mol. The Kier molecular flexibility index (Phi) is 4.47. The fourth-order valence-electron chi connectivity index (χ4n) is 1.66. The van der Waals surface area contributed by atoms with Gasteiger partial charge in [-0.25, -0.2) is 4.98 Å². The van der Waals surface area contributed by atoms with E-state index in [2.05, 4.69) is 27.2 Å². The minimum absolute atomic E-state index is 0.241. The summed E-state index contributed by atoms with van der Waals surface area (Å²) in [6.45, 7) is 0.626. The number of hydrogen-bond acceptors (Lipinski definition) is 4. The van der Waals surface area contributed by atoms with Crippen molar-refractivity contribution >= 4 is 5.91 Å². The summed E-state index contributed by atoms with van der Waals surface area (Å²) in [5, 5.41) is 6.84. The highest BCUT2D eigenvalue weighted by molar-refractivity contribution is 5.94. The van der Waals surface area contributed by atoms with Crippen molar-refractivity contribution in [1.29, 1.82) is 0 Å². The third-order valence-corrected chi connectivity index (χ3v) is 2.70. The summed E-state index contributed by atoms with van der Waals surface area (Å²) >= 11 is 0. The molecule has 0 saturated heterocycles. The van der Waals surface area contributed by atoms with E-state index in [4.69, 9.17) is 5.73 Å². The van der Waals surface area contributed by atoms with Gasteiger partial charge in [0.2, 0.25) is 0 Å². The van der Waals surface area contributed by atoms with Crippen molar-refractivity contribution in [3.63, 3.8) is 0 Å². The molecule has 2 heterocycles. The molecule has 3 N–H and O–H groups in total. The second-order valence-electron chi connectivity index (χ2n) is 4.03. The van der Waals surface area contributed by atoms with Gasteiger partial charge in [0, 0.05) is 19.4 Å². The van der Waals surface area contributed by atoms with Gasteiger partial charge in [0.1, 0.15) is 5.69 Å². The number of hydrogen-bond donors (Lipinski definition) is 2. The lowest BCUT2D eigenvalue weighted by Gasteiger charge is -2.06. The topological polar surface area (TPSA) is 85.8 Å². The molecule has 0 bridgehead atoms. The van der Waals surface area contributed by atoms with E-state index >= 15 is 0 Å². The predicted octanol–water partition coefficient (Wildman–Crippen LogP) is 0.0553. The highest BCUT2D eigenvalue weighted by Gasteiger charge is 2.11.